The van der Waals surface area contributed by atoms with Crippen LogP contribution in [-0.2, 0) is 9.59 Å². The van der Waals surface area contributed by atoms with Crippen molar-refractivity contribution in [1.29, 1.82) is 0 Å². The molecule has 0 spiro atoms. The number of carbonyl (C=O) groups excluding carboxylic acids is 2. The van der Waals surface area contributed by atoms with E-state index in [1.807, 2.05) is 0 Å². The number of nitrogens with one attached hydrogen (secondary N) is 1. The molecule has 1 heterocycles. The molecule has 3 N–H and O–H groups in total. The van der Waals surface area contributed by atoms with Crippen LogP contribution in [0.25, 0.3) is 0 Å². The first-order valence-electron chi connectivity index (χ1n) is 6.87. The first-order valence-corrected chi connectivity index (χ1v) is 6.87. The van der Waals surface area contributed by atoms with Gasteiger partial charge in [0.2, 0.25) is 11.8 Å². The Labute approximate surface area is 120 Å². The van der Waals surface area contributed by atoms with Crippen molar-refractivity contribution in [1.82, 2.24) is 10.2 Å². The molecule has 2 aliphatic rings. The van der Waals surface area contributed by atoms with Gasteiger partial charge in [-0.3, -0.25) is 9.59 Å². The molecule has 1 atom stereocenters. The van der Waals surface area contributed by atoms with Crippen LogP contribution in [0.2, 0.25) is 0 Å². The Morgan fingerprint density at radius 1 is 1.32 bits per heavy atom. The second-order valence-electron chi connectivity index (χ2n) is 5.55. The predicted octanol–water partition coefficient (Wildman–Crippen LogP) is 0.807. The summed E-state index contributed by atoms with van der Waals surface area (Å²) < 4.78 is 0. The molecular formula is C13H24ClN3O2. The van der Waals surface area contributed by atoms with Gasteiger partial charge in [0.05, 0.1) is 5.54 Å². The highest BCUT2D eigenvalue weighted by Gasteiger charge is 2.39. The molecule has 0 bridgehead atoms. The lowest BCUT2D eigenvalue weighted by Crippen LogP contribution is -2.56. The molecule has 5 nitrogen and oxygen atoms in total. The van der Waals surface area contributed by atoms with Crippen molar-refractivity contribution < 1.29 is 9.59 Å². The zero-order valence-corrected chi connectivity index (χ0v) is 12.3. The Kier molecular flexibility index (Phi) is 5.62. The second-order valence-corrected chi connectivity index (χ2v) is 5.55. The van der Waals surface area contributed by atoms with Crippen LogP contribution in [0.4, 0.5) is 0 Å². The van der Waals surface area contributed by atoms with Crippen molar-refractivity contribution in [2.24, 2.45) is 5.73 Å². The molecule has 0 aromatic heterocycles. The third kappa shape index (κ3) is 3.39. The zero-order chi connectivity index (χ0) is 13.2. The van der Waals surface area contributed by atoms with E-state index in [4.69, 9.17) is 5.73 Å². The molecule has 2 fully saturated rings. The number of likely N-dealkylation sites (tertiary alicyclic amines) is 1. The van der Waals surface area contributed by atoms with E-state index in [0.717, 1.165) is 38.5 Å². The summed E-state index contributed by atoms with van der Waals surface area (Å²) in [7, 11) is 0. The van der Waals surface area contributed by atoms with Crippen LogP contribution >= 0.6 is 12.4 Å². The zero-order valence-electron chi connectivity index (χ0n) is 11.5. The quantitative estimate of drug-likeness (QED) is 0.807. The maximum Gasteiger partial charge on any atom is 0.243 e. The van der Waals surface area contributed by atoms with Crippen LogP contribution in [0.1, 0.15) is 45.4 Å². The molecule has 1 saturated heterocycles. The standard InChI is InChI=1S/C13H23N3O2.ClH/c1-10(17)16-8-4-5-11(16)12(18)15-13(9-14)6-2-3-7-13;/h11H,2-9,14H2,1H3,(H,15,18);1H. The molecule has 2 rings (SSSR count). The minimum absolute atomic E-state index is 0. The minimum Gasteiger partial charge on any atom is -0.348 e. The molecule has 1 unspecified atom stereocenters. The molecule has 0 aromatic carbocycles. The van der Waals surface area contributed by atoms with E-state index in [1.54, 1.807) is 4.90 Å². The number of hydrogen-bond acceptors (Lipinski definition) is 3. The summed E-state index contributed by atoms with van der Waals surface area (Å²) in [4.78, 5) is 25.5. The molecule has 1 aliphatic carbocycles. The number of halogens is 1. The average molecular weight is 290 g/mol. The Morgan fingerprint density at radius 3 is 2.47 bits per heavy atom. The highest BCUT2D eigenvalue weighted by Crippen LogP contribution is 2.29. The second kappa shape index (κ2) is 6.57. The van der Waals surface area contributed by atoms with Gasteiger partial charge in [-0.05, 0) is 25.7 Å². The van der Waals surface area contributed by atoms with Crippen molar-refractivity contribution in [2.45, 2.75) is 57.0 Å². The minimum atomic E-state index is -0.286. The van der Waals surface area contributed by atoms with Crippen molar-refractivity contribution >= 4 is 24.2 Å². The van der Waals surface area contributed by atoms with Crippen LogP contribution in [-0.4, -0.2) is 41.4 Å². The lowest BCUT2D eigenvalue weighted by Gasteiger charge is -2.32. The van der Waals surface area contributed by atoms with E-state index in [0.29, 0.717) is 13.1 Å². The Morgan fingerprint density at radius 2 is 1.95 bits per heavy atom. The third-order valence-electron chi connectivity index (χ3n) is 4.30. The first-order chi connectivity index (χ1) is 8.58. The summed E-state index contributed by atoms with van der Waals surface area (Å²) in [6.45, 7) is 2.72. The SMILES string of the molecule is CC(=O)N1CCCC1C(=O)NC1(CN)CCCC1.Cl. The van der Waals surface area contributed by atoms with Gasteiger partial charge in [-0.15, -0.1) is 12.4 Å². The molecule has 6 heteroatoms. The lowest BCUT2D eigenvalue weighted by molar-refractivity contribution is -0.137. The van der Waals surface area contributed by atoms with Crippen molar-refractivity contribution in [3.63, 3.8) is 0 Å². The maximum atomic E-state index is 12.3. The molecule has 1 aliphatic heterocycles. The van der Waals surface area contributed by atoms with Gasteiger partial charge in [0, 0.05) is 20.0 Å². The molecule has 0 radical (unpaired) electrons. The largest absolute Gasteiger partial charge is 0.348 e. The van der Waals surface area contributed by atoms with E-state index in [2.05, 4.69) is 5.32 Å². The monoisotopic (exact) mass is 289 g/mol. The van der Waals surface area contributed by atoms with E-state index in [9.17, 15) is 9.59 Å². The lowest BCUT2D eigenvalue weighted by atomic mass is 9.97. The summed E-state index contributed by atoms with van der Waals surface area (Å²) >= 11 is 0. The van der Waals surface area contributed by atoms with E-state index < -0.39 is 0 Å². The summed E-state index contributed by atoms with van der Waals surface area (Å²) in [5.74, 6) is -0.0316. The van der Waals surface area contributed by atoms with Gasteiger partial charge in [-0.1, -0.05) is 12.8 Å². The van der Waals surface area contributed by atoms with Crippen LogP contribution in [0.3, 0.4) is 0 Å². The molecule has 2 amide bonds. The van der Waals surface area contributed by atoms with Gasteiger partial charge in [-0.25, -0.2) is 0 Å². The number of nitrogens with zero attached hydrogens (tertiary/aromatic N) is 1. The molecule has 1 saturated carbocycles. The van der Waals surface area contributed by atoms with Gasteiger partial charge in [0.25, 0.3) is 0 Å². The summed E-state index contributed by atoms with van der Waals surface area (Å²) in [6, 6.07) is -0.286. The fourth-order valence-electron chi connectivity index (χ4n) is 3.19. The Hall–Kier alpha value is -0.810. The summed E-state index contributed by atoms with van der Waals surface area (Å²) in [5, 5.41) is 3.11. The Balaban J connectivity index is 0.00000180. The van der Waals surface area contributed by atoms with Crippen molar-refractivity contribution in [3.8, 4) is 0 Å². The van der Waals surface area contributed by atoms with Gasteiger partial charge in [0.15, 0.2) is 0 Å². The molecule has 19 heavy (non-hydrogen) atoms. The van der Waals surface area contributed by atoms with Gasteiger partial charge < -0.3 is 16.0 Å². The van der Waals surface area contributed by atoms with Crippen molar-refractivity contribution in [2.75, 3.05) is 13.1 Å². The third-order valence-corrected chi connectivity index (χ3v) is 4.30. The van der Waals surface area contributed by atoms with Gasteiger partial charge in [-0.2, -0.15) is 0 Å². The van der Waals surface area contributed by atoms with Gasteiger partial charge >= 0.3 is 0 Å². The maximum absolute atomic E-state index is 12.3. The van der Waals surface area contributed by atoms with E-state index in [-0.39, 0.29) is 35.8 Å². The molecular weight excluding hydrogens is 266 g/mol. The van der Waals surface area contributed by atoms with Crippen LogP contribution < -0.4 is 11.1 Å². The normalized spacial score (nSPS) is 24.9. The fraction of sp³-hybridized carbons (Fsp3) is 0.846. The van der Waals surface area contributed by atoms with Gasteiger partial charge in [0.1, 0.15) is 6.04 Å². The van der Waals surface area contributed by atoms with E-state index in [1.165, 1.54) is 6.92 Å². The Bertz CT molecular complexity index is 343. The van der Waals surface area contributed by atoms with Crippen LogP contribution in [0.15, 0.2) is 0 Å². The van der Waals surface area contributed by atoms with Crippen LogP contribution in [0.5, 0.6) is 0 Å². The molecule has 0 aromatic rings. The predicted molar refractivity (Wildman–Crippen MR) is 76.1 cm³/mol. The fourth-order valence-corrected chi connectivity index (χ4v) is 3.19. The molecule has 110 valence electrons. The number of carbonyl (C=O) groups is 2. The topological polar surface area (TPSA) is 75.4 Å². The highest BCUT2D eigenvalue weighted by molar-refractivity contribution is 5.88. The van der Waals surface area contributed by atoms with Crippen LogP contribution in [0, 0.1) is 0 Å². The number of rotatable bonds is 3. The first kappa shape index (κ1) is 16.2. The van der Waals surface area contributed by atoms with Crippen molar-refractivity contribution in [3.05, 3.63) is 0 Å². The number of hydrogen-bond donors (Lipinski definition) is 2. The smallest absolute Gasteiger partial charge is 0.243 e. The number of nitrogens with two attached hydrogens (primary N) is 1. The number of amides is 2. The summed E-state index contributed by atoms with van der Waals surface area (Å²) in [5.41, 5.74) is 5.59. The average Bonchev–Trinajstić information content (AvgIpc) is 2.97. The summed E-state index contributed by atoms with van der Waals surface area (Å²) in [6.07, 6.45) is 5.85. The van der Waals surface area contributed by atoms with E-state index >= 15 is 0 Å². The highest BCUT2D eigenvalue weighted by atomic mass is 35.5.